The average molecular weight is 345 g/mol. The van der Waals surface area contributed by atoms with Crippen LogP contribution in [0.4, 0.5) is 5.82 Å². The third-order valence-electron chi connectivity index (χ3n) is 5.71. The van der Waals surface area contributed by atoms with E-state index >= 15 is 0 Å². The van der Waals surface area contributed by atoms with Crippen molar-refractivity contribution in [2.45, 2.75) is 31.8 Å². The number of anilines is 1. The van der Waals surface area contributed by atoms with Gasteiger partial charge in [-0.2, -0.15) is 0 Å². The number of rotatable bonds is 2. The summed E-state index contributed by atoms with van der Waals surface area (Å²) < 4.78 is 11.5. The van der Waals surface area contributed by atoms with Crippen LogP contribution >= 0.6 is 0 Å². The molecule has 6 heteroatoms. The number of amides is 1. The summed E-state index contributed by atoms with van der Waals surface area (Å²) >= 11 is 0. The predicted molar refractivity (Wildman–Crippen MR) is 94.9 cm³/mol. The number of aromatic nitrogens is 1. The van der Waals surface area contributed by atoms with E-state index in [0.29, 0.717) is 18.8 Å². The molecule has 0 N–H and O–H groups in total. The molecule has 1 amide bonds. The Bertz CT molecular complexity index is 605. The highest BCUT2D eigenvalue weighted by atomic mass is 16.6. The minimum absolute atomic E-state index is 0.105. The van der Waals surface area contributed by atoms with E-state index in [1.807, 2.05) is 17.0 Å². The molecule has 0 radical (unpaired) electrons. The van der Waals surface area contributed by atoms with E-state index in [1.54, 1.807) is 6.20 Å². The normalized spacial score (nSPS) is 27.9. The fourth-order valence-corrected chi connectivity index (χ4v) is 3.96. The first-order chi connectivity index (χ1) is 12.2. The number of nitrogens with zero attached hydrogens (tertiary/aromatic N) is 3. The van der Waals surface area contributed by atoms with Crippen LogP contribution < -0.4 is 4.90 Å². The van der Waals surface area contributed by atoms with Crippen LogP contribution in [0.15, 0.2) is 18.3 Å². The van der Waals surface area contributed by atoms with Gasteiger partial charge in [0.2, 0.25) is 0 Å². The number of hydrogen-bond acceptors (Lipinski definition) is 5. The Labute approximate surface area is 149 Å². The monoisotopic (exact) mass is 345 g/mol. The van der Waals surface area contributed by atoms with Crippen LogP contribution in [0.25, 0.3) is 0 Å². The zero-order valence-corrected chi connectivity index (χ0v) is 14.9. The maximum Gasteiger partial charge on any atom is 0.255 e. The van der Waals surface area contributed by atoms with Crippen molar-refractivity contribution >= 4 is 11.7 Å². The Kier molecular flexibility index (Phi) is 4.65. The Hall–Kier alpha value is -1.66. The summed E-state index contributed by atoms with van der Waals surface area (Å²) in [5.74, 6) is 1.74. The van der Waals surface area contributed by atoms with Crippen LogP contribution in [-0.2, 0) is 9.47 Å². The van der Waals surface area contributed by atoms with Gasteiger partial charge in [-0.3, -0.25) is 4.79 Å². The number of hydrogen-bond donors (Lipinski definition) is 0. The van der Waals surface area contributed by atoms with Crippen molar-refractivity contribution in [2.75, 3.05) is 50.9 Å². The lowest BCUT2D eigenvalue weighted by atomic mass is 9.99. The van der Waals surface area contributed by atoms with Gasteiger partial charge in [0, 0.05) is 38.9 Å². The molecule has 25 heavy (non-hydrogen) atoms. The highest BCUT2D eigenvalue weighted by molar-refractivity contribution is 5.94. The number of carbonyl (C=O) groups excluding carboxylic acids is 1. The topological polar surface area (TPSA) is 54.9 Å². The minimum atomic E-state index is -0.182. The Morgan fingerprint density at radius 3 is 2.76 bits per heavy atom. The van der Waals surface area contributed by atoms with Crippen LogP contribution in [0.2, 0.25) is 0 Å². The summed E-state index contributed by atoms with van der Waals surface area (Å²) in [6.07, 6.45) is 4.85. The van der Waals surface area contributed by atoms with Crippen molar-refractivity contribution in [3.63, 3.8) is 0 Å². The maximum absolute atomic E-state index is 12.6. The number of piperidine rings is 1. The maximum atomic E-state index is 12.6. The first-order valence-corrected chi connectivity index (χ1v) is 9.37. The summed E-state index contributed by atoms with van der Waals surface area (Å²) in [7, 11) is 0. The van der Waals surface area contributed by atoms with Gasteiger partial charge >= 0.3 is 0 Å². The number of likely N-dealkylation sites (tertiary alicyclic amines) is 1. The third kappa shape index (κ3) is 3.51. The summed E-state index contributed by atoms with van der Waals surface area (Å²) in [4.78, 5) is 21.4. The van der Waals surface area contributed by atoms with Crippen LogP contribution in [0.1, 0.15) is 36.5 Å². The summed E-state index contributed by atoms with van der Waals surface area (Å²) in [5.41, 5.74) is 0.504. The summed E-state index contributed by atoms with van der Waals surface area (Å²) in [5, 5.41) is 0. The molecule has 1 unspecified atom stereocenters. The van der Waals surface area contributed by atoms with Gasteiger partial charge in [-0.1, -0.05) is 6.92 Å². The van der Waals surface area contributed by atoms with Gasteiger partial charge in [0.25, 0.3) is 5.91 Å². The molecule has 4 rings (SSSR count). The summed E-state index contributed by atoms with van der Waals surface area (Å²) in [6, 6.07) is 3.88. The van der Waals surface area contributed by atoms with Gasteiger partial charge in [-0.25, -0.2) is 4.98 Å². The van der Waals surface area contributed by atoms with Gasteiger partial charge in [0.05, 0.1) is 25.3 Å². The smallest absolute Gasteiger partial charge is 0.255 e. The SMILES string of the molecule is CC1CCN(C(=O)c2ccc(N3CCOC4(CCOC4)C3)nc2)CC1. The van der Waals surface area contributed by atoms with Crippen LogP contribution in [-0.4, -0.2) is 67.4 Å². The minimum Gasteiger partial charge on any atom is -0.378 e. The molecule has 0 saturated carbocycles. The molecule has 136 valence electrons. The van der Waals surface area contributed by atoms with Crippen LogP contribution in [0.3, 0.4) is 0 Å². The van der Waals surface area contributed by atoms with Crippen molar-refractivity contribution in [1.82, 2.24) is 9.88 Å². The lowest BCUT2D eigenvalue weighted by Crippen LogP contribution is -2.52. The lowest BCUT2D eigenvalue weighted by molar-refractivity contribution is -0.0581. The molecule has 6 nitrogen and oxygen atoms in total. The van der Waals surface area contributed by atoms with Crippen LogP contribution in [0.5, 0.6) is 0 Å². The second kappa shape index (κ2) is 6.92. The number of morpholine rings is 1. The molecule has 0 bridgehead atoms. The van der Waals surface area contributed by atoms with E-state index in [4.69, 9.17) is 9.47 Å². The average Bonchev–Trinajstić information content (AvgIpc) is 3.09. The number of carbonyl (C=O) groups is 1. The predicted octanol–water partition coefficient (Wildman–Crippen LogP) is 1.95. The Morgan fingerprint density at radius 1 is 1.24 bits per heavy atom. The van der Waals surface area contributed by atoms with Crippen molar-refractivity contribution in [3.8, 4) is 0 Å². The van der Waals surface area contributed by atoms with Crippen molar-refractivity contribution in [2.24, 2.45) is 5.92 Å². The molecule has 4 heterocycles. The molecule has 1 aromatic heterocycles. The van der Waals surface area contributed by atoms with E-state index < -0.39 is 0 Å². The fourth-order valence-electron chi connectivity index (χ4n) is 3.96. The second-order valence-electron chi connectivity index (χ2n) is 7.64. The van der Waals surface area contributed by atoms with E-state index in [2.05, 4.69) is 16.8 Å². The first-order valence-electron chi connectivity index (χ1n) is 9.37. The molecule has 1 aromatic rings. The Morgan fingerprint density at radius 2 is 2.08 bits per heavy atom. The molecule has 1 spiro atoms. The molecule has 3 aliphatic heterocycles. The zero-order valence-electron chi connectivity index (χ0n) is 14.9. The van der Waals surface area contributed by atoms with E-state index in [1.165, 1.54) is 0 Å². The zero-order chi connectivity index (χ0) is 17.3. The largest absolute Gasteiger partial charge is 0.378 e. The molecule has 3 saturated heterocycles. The van der Waals surface area contributed by atoms with Gasteiger partial charge in [-0.15, -0.1) is 0 Å². The first kappa shape index (κ1) is 16.8. The van der Waals surface area contributed by atoms with Crippen molar-refractivity contribution in [3.05, 3.63) is 23.9 Å². The molecular formula is C19H27N3O3. The standard InChI is InChI=1S/C19H27N3O3/c1-15-4-7-21(8-5-15)18(23)16-2-3-17(20-12-16)22-9-11-25-19(13-22)6-10-24-14-19/h2-3,12,15H,4-11,13-14H2,1H3. The van der Waals surface area contributed by atoms with Crippen molar-refractivity contribution < 1.29 is 14.3 Å². The van der Waals surface area contributed by atoms with Crippen molar-refractivity contribution in [1.29, 1.82) is 0 Å². The summed E-state index contributed by atoms with van der Waals surface area (Å²) in [6.45, 7) is 7.71. The van der Waals surface area contributed by atoms with E-state index in [9.17, 15) is 4.79 Å². The number of ether oxygens (including phenoxy) is 2. The number of pyridine rings is 1. The van der Waals surface area contributed by atoms with Gasteiger partial charge in [-0.05, 0) is 30.9 Å². The molecular weight excluding hydrogens is 318 g/mol. The lowest BCUT2D eigenvalue weighted by Gasteiger charge is -2.40. The molecule has 3 fully saturated rings. The van der Waals surface area contributed by atoms with E-state index in [0.717, 1.165) is 63.8 Å². The second-order valence-corrected chi connectivity index (χ2v) is 7.64. The van der Waals surface area contributed by atoms with Crippen LogP contribution in [0, 0.1) is 5.92 Å². The quantitative estimate of drug-likeness (QED) is 0.820. The van der Waals surface area contributed by atoms with E-state index in [-0.39, 0.29) is 11.5 Å². The highest BCUT2D eigenvalue weighted by Gasteiger charge is 2.40. The van der Waals surface area contributed by atoms with Gasteiger partial charge in [0.15, 0.2) is 0 Å². The molecule has 0 aromatic carbocycles. The highest BCUT2D eigenvalue weighted by Crippen LogP contribution is 2.29. The van der Waals surface area contributed by atoms with Gasteiger partial charge in [0.1, 0.15) is 11.4 Å². The third-order valence-corrected chi connectivity index (χ3v) is 5.71. The fraction of sp³-hybridized carbons (Fsp3) is 0.684. The molecule has 1 atom stereocenters. The Balaban J connectivity index is 1.42. The molecule has 3 aliphatic rings. The molecule has 0 aliphatic carbocycles. The van der Waals surface area contributed by atoms with Gasteiger partial charge < -0.3 is 19.3 Å².